The molecule has 1 atom stereocenters. The predicted octanol–water partition coefficient (Wildman–Crippen LogP) is 6.58. The van der Waals surface area contributed by atoms with Gasteiger partial charge in [-0.1, -0.05) is 91.9 Å². The topological polar surface area (TPSA) is 61.8 Å². The lowest BCUT2D eigenvalue weighted by Gasteiger charge is -2.23. The first kappa shape index (κ1) is 34.7. The first-order valence-electron chi connectivity index (χ1n) is 14.1. The van der Waals surface area contributed by atoms with Gasteiger partial charge in [0.2, 0.25) is 0 Å². The van der Waals surface area contributed by atoms with E-state index in [4.69, 9.17) is 9.84 Å². The molecule has 0 rings (SSSR count). The molecule has 0 radical (unpaired) electrons. The van der Waals surface area contributed by atoms with Gasteiger partial charge in [-0.3, -0.25) is 5.32 Å². The van der Waals surface area contributed by atoms with Gasteiger partial charge in [0.05, 0.1) is 0 Å². The number of unbranched alkanes of at least 4 members (excludes halogenated alkanes) is 9. The first-order valence-corrected chi connectivity index (χ1v) is 14.1. The van der Waals surface area contributed by atoms with E-state index in [9.17, 15) is 4.79 Å². The maximum atomic E-state index is 11.0. The summed E-state index contributed by atoms with van der Waals surface area (Å²) >= 11 is 0. The van der Waals surface area contributed by atoms with Crippen molar-refractivity contribution in [3.05, 3.63) is 0 Å². The molecule has 0 spiro atoms. The zero-order chi connectivity index (χ0) is 25.0. The Morgan fingerprint density at radius 2 is 1.30 bits per heavy atom. The van der Waals surface area contributed by atoms with Crippen molar-refractivity contribution < 1.29 is 14.6 Å². The largest absolute Gasteiger partial charge is 0.400 e. The molecule has 33 heavy (non-hydrogen) atoms. The fraction of sp³-hybridized carbons (Fsp3) is 0.964. The number of carbonyl (C=O) groups is 1. The lowest BCUT2D eigenvalue weighted by molar-refractivity contribution is -0.111. The minimum atomic E-state index is -0.113. The molecular formula is C28H60N2O3. The van der Waals surface area contributed by atoms with Crippen LogP contribution in [0.4, 0.5) is 0 Å². The average molecular weight is 473 g/mol. The number of ether oxygens (including phenoxy) is 1. The third kappa shape index (κ3) is 27.6. The van der Waals surface area contributed by atoms with Crippen LogP contribution in [-0.4, -0.2) is 62.4 Å². The molecule has 0 bridgehead atoms. The average Bonchev–Trinajstić information content (AvgIpc) is 2.82. The Morgan fingerprint density at radius 3 is 1.82 bits per heavy atom. The summed E-state index contributed by atoms with van der Waals surface area (Å²) in [5, 5.41) is 10.4. The second-order valence-corrected chi connectivity index (χ2v) is 9.63. The smallest absolute Gasteiger partial charge is 0.123 e. The lowest BCUT2D eigenvalue weighted by Crippen LogP contribution is -2.35. The Labute approximate surface area is 207 Å². The normalized spacial score (nSPS) is 12.1. The summed E-state index contributed by atoms with van der Waals surface area (Å²) < 4.78 is 5.95. The number of nitrogens with one attached hydrogen (secondary N) is 1. The number of hydrogen-bond donors (Lipinski definition) is 2. The van der Waals surface area contributed by atoms with Gasteiger partial charge in [-0.05, 0) is 57.8 Å². The summed E-state index contributed by atoms with van der Waals surface area (Å²) in [5.41, 5.74) is 0. The predicted molar refractivity (Wildman–Crippen MR) is 144 cm³/mol. The van der Waals surface area contributed by atoms with E-state index in [-0.39, 0.29) is 6.23 Å². The highest BCUT2D eigenvalue weighted by atomic mass is 16.5. The summed E-state index contributed by atoms with van der Waals surface area (Å²) in [4.78, 5) is 13.6. The number of nitrogens with zero attached hydrogens (tertiary/aromatic N) is 1. The molecule has 5 heteroatoms. The van der Waals surface area contributed by atoms with Gasteiger partial charge < -0.3 is 19.5 Å². The van der Waals surface area contributed by atoms with E-state index in [1.807, 2.05) is 0 Å². The van der Waals surface area contributed by atoms with Crippen LogP contribution in [0.1, 0.15) is 124 Å². The molecule has 0 saturated heterocycles. The van der Waals surface area contributed by atoms with Crippen LogP contribution in [-0.2, 0) is 9.53 Å². The van der Waals surface area contributed by atoms with Crippen LogP contribution in [0.3, 0.4) is 0 Å². The fourth-order valence-corrected chi connectivity index (χ4v) is 3.90. The summed E-state index contributed by atoms with van der Waals surface area (Å²) in [5.74, 6) is 0.851. The minimum Gasteiger partial charge on any atom is -0.400 e. The molecule has 0 fully saturated rings. The summed E-state index contributed by atoms with van der Waals surface area (Å²) in [6.07, 6.45) is 19.5. The van der Waals surface area contributed by atoms with E-state index in [1.165, 1.54) is 90.1 Å². The molecule has 0 amide bonds. The van der Waals surface area contributed by atoms with Gasteiger partial charge in [-0.2, -0.15) is 0 Å². The fourth-order valence-electron chi connectivity index (χ4n) is 3.90. The summed E-state index contributed by atoms with van der Waals surface area (Å²) in [6.45, 7) is 14.4. The second-order valence-electron chi connectivity index (χ2n) is 9.63. The monoisotopic (exact) mass is 472 g/mol. The number of aldehydes is 1. The zero-order valence-electron chi connectivity index (χ0n) is 23.1. The Morgan fingerprint density at radius 1 is 0.788 bits per heavy atom. The van der Waals surface area contributed by atoms with Crippen molar-refractivity contribution in [2.75, 3.05) is 39.9 Å². The molecule has 0 aromatic heterocycles. The van der Waals surface area contributed by atoms with Crippen LogP contribution in [0.5, 0.6) is 0 Å². The molecule has 200 valence electrons. The highest BCUT2D eigenvalue weighted by molar-refractivity contribution is 5.49. The van der Waals surface area contributed by atoms with E-state index in [1.54, 1.807) is 0 Å². The maximum absolute atomic E-state index is 11.0. The van der Waals surface area contributed by atoms with Crippen molar-refractivity contribution in [1.29, 1.82) is 0 Å². The standard InChI is InChI=1S/C27H56N2O2.CH4O/c1-5-7-21-29(22-8-6-2)23-17-20-28-27(19-24-30)31-25-16-14-12-10-9-11-13-15-18-26(3)4;1-2/h24,26-28H,5-23,25H2,1-4H3;2H,1H3. The Kier molecular flexibility index (Phi) is 31.0. The maximum Gasteiger partial charge on any atom is 0.123 e. The lowest BCUT2D eigenvalue weighted by atomic mass is 10.0. The van der Waals surface area contributed by atoms with Crippen LogP contribution in [0.2, 0.25) is 0 Å². The van der Waals surface area contributed by atoms with Gasteiger partial charge in [0.1, 0.15) is 12.5 Å². The van der Waals surface area contributed by atoms with Gasteiger partial charge >= 0.3 is 0 Å². The Balaban J connectivity index is 0. The van der Waals surface area contributed by atoms with Crippen molar-refractivity contribution in [2.45, 2.75) is 130 Å². The number of aliphatic hydroxyl groups excluding tert-OH is 1. The van der Waals surface area contributed by atoms with Gasteiger partial charge in [-0.15, -0.1) is 0 Å². The third-order valence-corrected chi connectivity index (χ3v) is 5.98. The molecule has 0 aromatic rings. The molecule has 0 aliphatic carbocycles. The second kappa shape index (κ2) is 29.5. The SMILES string of the molecule is CCCCN(CCCC)CCCNC(CC=O)OCCCCCCCCCCC(C)C.CO. The van der Waals surface area contributed by atoms with Crippen molar-refractivity contribution >= 4 is 6.29 Å². The molecule has 0 aliphatic heterocycles. The van der Waals surface area contributed by atoms with Gasteiger partial charge in [-0.25, -0.2) is 0 Å². The quantitative estimate of drug-likeness (QED) is 0.0893. The third-order valence-electron chi connectivity index (χ3n) is 5.98. The molecule has 2 N–H and O–H groups in total. The van der Waals surface area contributed by atoms with Crippen LogP contribution < -0.4 is 5.32 Å². The summed E-state index contributed by atoms with van der Waals surface area (Å²) in [6, 6.07) is 0. The van der Waals surface area contributed by atoms with Crippen molar-refractivity contribution in [3.8, 4) is 0 Å². The van der Waals surface area contributed by atoms with E-state index < -0.39 is 0 Å². The molecular weight excluding hydrogens is 412 g/mol. The highest BCUT2D eigenvalue weighted by Gasteiger charge is 2.08. The Bertz CT molecular complexity index is 359. The molecule has 1 unspecified atom stereocenters. The summed E-state index contributed by atoms with van der Waals surface area (Å²) in [7, 11) is 1.00. The van der Waals surface area contributed by atoms with Crippen molar-refractivity contribution in [3.63, 3.8) is 0 Å². The molecule has 0 aliphatic rings. The van der Waals surface area contributed by atoms with Crippen molar-refractivity contribution in [2.24, 2.45) is 5.92 Å². The first-order chi connectivity index (χ1) is 16.1. The number of aliphatic hydroxyl groups is 1. The van der Waals surface area contributed by atoms with Crippen molar-refractivity contribution in [1.82, 2.24) is 10.2 Å². The Hall–Kier alpha value is -0.490. The van der Waals surface area contributed by atoms with Gasteiger partial charge in [0, 0.05) is 20.1 Å². The molecule has 0 heterocycles. The van der Waals surface area contributed by atoms with E-state index >= 15 is 0 Å². The van der Waals surface area contributed by atoms with Gasteiger partial charge in [0.25, 0.3) is 0 Å². The molecule has 0 aromatic carbocycles. The van der Waals surface area contributed by atoms with E-state index in [0.717, 1.165) is 51.9 Å². The zero-order valence-corrected chi connectivity index (χ0v) is 23.1. The number of carbonyl (C=O) groups excluding carboxylic acids is 1. The minimum absolute atomic E-state index is 0.113. The van der Waals surface area contributed by atoms with Gasteiger partial charge in [0.15, 0.2) is 0 Å². The molecule has 0 saturated carbocycles. The van der Waals surface area contributed by atoms with Crippen LogP contribution >= 0.6 is 0 Å². The van der Waals surface area contributed by atoms with E-state index in [0.29, 0.717) is 6.42 Å². The number of rotatable bonds is 25. The highest BCUT2D eigenvalue weighted by Crippen LogP contribution is 2.12. The number of hydrogen-bond acceptors (Lipinski definition) is 5. The van der Waals surface area contributed by atoms with E-state index in [2.05, 4.69) is 37.9 Å². The van der Waals surface area contributed by atoms with Crippen LogP contribution in [0, 0.1) is 5.92 Å². The van der Waals surface area contributed by atoms with Crippen LogP contribution in [0.25, 0.3) is 0 Å². The molecule has 5 nitrogen and oxygen atoms in total. The van der Waals surface area contributed by atoms with Crippen LogP contribution in [0.15, 0.2) is 0 Å².